The van der Waals surface area contributed by atoms with Crippen LogP contribution in [-0.2, 0) is 42.8 Å². The number of benzene rings is 4. The summed E-state index contributed by atoms with van der Waals surface area (Å²) in [4.78, 5) is 84.4. The summed E-state index contributed by atoms with van der Waals surface area (Å²) in [5.74, 6) is -4.57. The Morgan fingerprint density at radius 2 is 1.05 bits per heavy atom. The first kappa shape index (κ1) is 61.8. The lowest BCUT2D eigenvalue weighted by molar-refractivity contribution is -0.135. The molecular formula is C68H66F2N10O13. The van der Waals surface area contributed by atoms with Crippen molar-refractivity contribution in [3.05, 3.63) is 165 Å². The molecule has 23 nitrogen and oxygen atoms in total. The van der Waals surface area contributed by atoms with E-state index in [0.717, 1.165) is 11.8 Å². The summed E-state index contributed by atoms with van der Waals surface area (Å²) >= 11 is 0. The Labute approximate surface area is 530 Å². The molecular weight excluding hydrogens is 1200 g/mol. The number of aliphatic hydroxyl groups excluding tert-OH is 2. The number of nitrogens with zero attached hydrogens (tertiary/aromatic N) is 5. The third-order valence-electron chi connectivity index (χ3n) is 18.4. The molecule has 8 N–H and O–H groups in total. The third-order valence-corrected chi connectivity index (χ3v) is 18.4. The molecule has 8 aromatic rings. The zero-order valence-corrected chi connectivity index (χ0v) is 51.8. The summed E-state index contributed by atoms with van der Waals surface area (Å²) in [5.41, 5.74) is 8.03. The van der Waals surface area contributed by atoms with E-state index in [-0.39, 0.29) is 107 Å². The first-order valence-corrected chi connectivity index (χ1v) is 30.8. The lowest BCUT2D eigenvalue weighted by Gasteiger charge is -2.28. The molecule has 10 heterocycles. The highest BCUT2D eigenvalue weighted by molar-refractivity contribution is 5.92. The van der Waals surface area contributed by atoms with E-state index in [1.165, 1.54) is 30.5 Å². The molecule has 14 rings (SSSR count). The van der Waals surface area contributed by atoms with Gasteiger partial charge in [-0.25, -0.2) is 23.7 Å². The number of oxazole rings is 4. The highest BCUT2D eigenvalue weighted by Crippen LogP contribution is 2.61. The lowest BCUT2D eigenvalue weighted by Crippen LogP contribution is -2.41. The summed E-state index contributed by atoms with van der Waals surface area (Å²) in [7, 11) is 0. The minimum atomic E-state index is -1.32. The molecule has 93 heavy (non-hydrogen) atoms. The number of aromatic nitrogens is 4. The van der Waals surface area contributed by atoms with Crippen LogP contribution in [0.2, 0.25) is 0 Å². The number of primary amides is 1. The second kappa shape index (κ2) is 23.3. The van der Waals surface area contributed by atoms with Gasteiger partial charge >= 0.3 is 0 Å². The van der Waals surface area contributed by atoms with E-state index in [1.807, 2.05) is 58.0 Å². The highest BCUT2D eigenvalue weighted by Gasteiger charge is 2.63. The monoisotopic (exact) mass is 1270 g/mol. The summed E-state index contributed by atoms with van der Waals surface area (Å²) in [6, 6.07) is 20.1. The molecule has 4 aromatic carbocycles. The number of ether oxygens (including phenoxy) is 2. The number of amides is 3. The molecule has 4 aromatic heterocycles. The molecule has 8 bridgehead atoms. The SMILES string of the molecule is CC(C)[C@H](O)C(=O)C[C@H]1Cc2ccc3c(c2)[C@@]2(c4cc(F)ccc4N[C@@H]2O3)c2oc(nc2-c2nc(C#N)co2)[C@H](C(C)C)NC1=O.CC(C)[C@H](O)C(=O)C[C@H]1Cc2ccc3c(c2)[C@@]2(c4cc(F)ccc4N[C@@H]2O3)c2oc(nc2-c2nc(C(N)=O)co2)[C@H](C(C)C)NC1=O. The van der Waals surface area contributed by atoms with Crippen molar-refractivity contribution < 1.29 is 70.1 Å². The van der Waals surface area contributed by atoms with Gasteiger partial charge in [0.1, 0.15) is 76.9 Å². The van der Waals surface area contributed by atoms with Crippen molar-refractivity contribution >= 4 is 40.7 Å². The number of aliphatic hydroxyl groups is 2. The summed E-state index contributed by atoms with van der Waals surface area (Å²) in [6.07, 6.45) is -1.71. The number of fused-ring (bicyclic) bond motifs is 8. The van der Waals surface area contributed by atoms with Crippen LogP contribution in [0.5, 0.6) is 11.5 Å². The molecule has 25 heteroatoms. The van der Waals surface area contributed by atoms with Crippen LogP contribution in [0.25, 0.3) is 23.2 Å². The average molecular weight is 1270 g/mol. The first-order valence-electron chi connectivity index (χ1n) is 30.8. The topological polar surface area (TPSA) is 346 Å². The molecule has 0 radical (unpaired) electrons. The van der Waals surface area contributed by atoms with Gasteiger partial charge in [0, 0.05) is 58.3 Å². The Morgan fingerprint density at radius 1 is 0.613 bits per heavy atom. The van der Waals surface area contributed by atoms with Crippen LogP contribution < -0.4 is 36.5 Å². The zero-order valence-electron chi connectivity index (χ0n) is 51.8. The molecule has 10 atom stereocenters. The number of carbonyl (C=O) groups is 5. The van der Waals surface area contributed by atoms with Gasteiger partial charge in [0.15, 0.2) is 58.3 Å². The number of carbonyl (C=O) groups excluding carboxylic acids is 5. The molecule has 480 valence electrons. The molecule has 6 aliphatic heterocycles. The Kier molecular flexibility index (Phi) is 15.4. The van der Waals surface area contributed by atoms with Crippen LogP contribution in [0, 0.1) is 58.5 Å². The maximum atomic E-state index is 15.1. The van der Waals surface area contributed by atoms with E-state index in [0.29, 0.717) is 50.7 Å². The normalized spacial score (nSPS) is 23.3. The van der Waals surface area contributed by atoms with Gasteiger partial charge in [0.2, 0.25) is 35.4 Å². The maximum Gasteiger partial charge on any atom is 0.270 e. The Hall–Kier alpha value is -10.1. The second-order valence-electron chi connectivity index (χ2n) is 25.9. The largest absolute Gasteiger partial charge is 0.469 e. The van der Waals surface area contributed by atoms with Gasteiger partial charge in [-0.3, -0.25) is 24.0 Å². The molecule has 0 fully saturated rings. The molecule has 6 aliphatic rings. The van der Waals surface area contributed by atoms with E-state index in [1.54, 1.807) is 52.0 Å². The number of nitriles is 1. The van der Waals surface area contributed by atoms with E-state index in [2.05, 4.69) is 31.2 Å². The molecule has 0 aliphatic carbocycles. The second-order valence-corrected chi connectivity index (χ2v) is 25.9. The van der Waals surface area contributed by atoms with Crippen molar-refractivity contribution in [2.24, 2.45) is 41.2 Å². The van der Waals surface area contributed by atoms with Crippen LogP contribution in [-0.4, -0.2) is 84.1 Å². The molecule has 3 amide bonds. The van der Waals surface area contributed by atoms with Crippen LogP contribution in [0.15, 0.2) is 103 Å². The van der Waals surface area contributed by atoms with E-state index in [4.69, 9.17) is 42.8 Å². The van der Waals surface area contributed by atoms with Crippen molar-refractivity contribution in [1.29, 1.82) is 5.26 Å². The Morgan fingerprint density at radius 3 is 1.45 bits per heavy atom. The molecule has 0 unspecified atom stereocenters. The van der Waals surface area contributed by atoms with Crippen LogP contribution in [0.1, 0.15) is 153 Å². The number of rotatable bonds is 13. The number of hydrogen-bond acceptors (Lipinski definition) is 20. The maximum absolute atomic E-state index is 15.1. The predicted octanol–water partition coefficient (Wildman–Crippen LogP) is 8.79. The number of anilines is 2. The van der Waals surface area contributed by atoms with Crippen molar-refractivity contribution in [2.75, 3.05) is 10.6 Å². The number of Topliss-reactive ketones (excluding diaryl/α,β-unsaturated/α-hetero) is 2. The minimum absolute atomic E-state index is 0.0129. The van der Waals surface area contributed by atoms with Gasteiger partial charge in [0.05, 0.1) is 0 Å². The predicted molar refractivity (Wildman–Crippen MR) is 326 cm³/mol. The van der Waals surface area contributed by atoms with Crippen molar-refractivity contribution in [3.8, 4) is 40.7 Å². The summed E-state index contributed by atoms with van der Waals surface area (Å²) in [6.45, 7) is 14.5. The fourth-order valence-electron chi connectivity index (χ4n) is 13.6. The summed E-state index contributed by atoms with van der Waals surface area (Å²) in [5, 5.41) is 43.4. The number of ketones is 2. The van der Waals surface area contributed by atoms with Gasteiger partial charge in [0.25, 0.3) is 5.91 Å². The van der Waals surface area contributed by atoms with Gasteiger partial charge in [-0.15, -0.1) is 0 Å². The lowest BCUT2D eigenvalue weighted by atomic mass is 9.72. The molecule has 2 spiro atoms. The van der Waals surface area contributed by atoms with E-state index >= 15 is 8.78 Å². The highest BCUT2D eigenvalue weighted by atomic mass is 19.1. The molecule has 0 saturated heterocycles. The van der Waals surface area contributed by atoms with Crippen molar-refractivity contribution in [3.63, 3.8) is 0 Å². The van der Waals surface area contributed by atoms with Crippen LogP contribution in [0.3, 0.4) is 0 Å². The number of nitrogens with two attached hydrogens (primary N) is 1. The van der Waals surface area contributed by atoms with Crippen molar-refractivity contribution in [2.45, 2.75) is 129 Å². The van der Waals surface area contributed by atoms with Gasteiger partial charge in [-0.05, 0) is 96.2 Å². The zero-order chi connectivity index (χ0) is 65.9. The standard InChI is InChI=1S/C34H34FN5O7.C34H32FN5O6/c1-14(2)25-32-40-26(31-37-22(13-45-31)29(36)43)28(47-32)34-19-12-18(35)6-7-21(19)38-33(34)46-24-8-5-16(10-20(24)34)9-17(30(44)39-25)11-23(41)27(42)15(3)4;1-15(2)26-32-40-27(31-37-20(13-36)14-44-31)29(46-32)34-21-12-19(35)6-7-23(21)38-33(34)45-25-8-5-17(10-22(25)34)9-18(30(43)39-26)11-24(41)28(42)16(3)4/h5-8,10,12-15,17,25,27,33,38,42H,9,11H2,1-4H3,(H2,36,43)(H,39,44);5-8,10,12,14-16,18,26,28,33,38,42H,9,11H2,1-4H3,(H,39,43)/t17-,25+,27+,33-,34+;18-,26+,28+,33-,34+/m11/s1. The van der Waals surface area contributed by atoms with Crippen LogP contribution >= 0.6 is 0 Å². The quantitative estimate of drug-likeness (QED) is 0.0567. The van der Waals surface area contributed by atoms with E-state index in [9.17, 15) is 39.4 Å². The first-order chi connectivity index (χ1) is 44.4. The van der Waals surface area contributed by atoms with Crippen LogP contribution in [0.4, 0.5) is 20.2 Å². The molecule has 0 saturated carbocycles. The van der Waals surface area contributed by atoms with Gasteiger partial charge in [-0.2, -0.15) is 10.2 Å². The average Bonchev–Trinajstić information content (AvgIpc) is 1.53. The number of halogens is 2. The number of nitrogens with one attached hydrogen (secondary N) is 4. The van der Waals surface area contributed by atoms with Gasteiger partial charge in [-0.1, -0.05) is 79.7 Å². The smallest absolute Gasteiger partial charge is 0.270 e. The minimum Gasteiger partial charge on any atom is -0.469 e. The number of hydrogen-bond donors (Lipinski definition) is 7. The fraction of sp³-hybridized carbons (Fsp3) is 0.382. The third kappa shape index (κ3) is 10.3. The Bertz CT molecular complexity index is 4410. The summed E-state index contributed by atoms with van der Waals surface area (Å²) < 4.78 is 67.8. The fourth-order valence-corrected chi connectivity index (χ4v) is 13.6. The van der Waals surface area contributed by atoms with Crippen molar-refractivity contribution in [1.82, 2.24) is 30.6 Å². The Balaban J connectivity index is 0.000000169. The van der Waals surface area contributed by atoms with E-state index < -0.39 is 100 Å². The van der Waals surface area contributed by atoms with Gasteiger partial charge < -0.3 is 64.4 Å².